The second-order valence-corrected chi connectivity index (χ2v) is 5.35. The molecule has 25 heavy (non-hydrogen) atoms. The van der Waals surface area contributed by atoms with Gasteiger partial charge >= 0.3 is 12.1 Å². The Morgan fingerprint density at radius 2 is 1.80 bits per heavy atom. The molecular formula is C18H12F3NO3. The molecule has 1 N–H and O–H groups in total. The molecule has 3 rings (SSSR count). The highest BCUT2D eigenvalue weighted by Gasteiger charge is 2.29. The van der Waals surface area contributed by atoms with E-state index in [4.69, 9.17) is 9.52 Å². The van der Waals surface area contributed by atoms with E-state index in [0.29, 0.717) is 16.7 Å². The van der Waals surface area contributed by atoms with E-state index < -0.39 is 17.7 Å². The fourth-order valence-corrected chi connectivity index (χ4v) is 2.33. The van der Waals surface area contributed by atoms with Crippen LogP contribution in [-0.4, -0.2) is 16.1 Å². The van der Waals surface area contributed by atoms with Crippen molar-refractivity contribution in [3.05, 3.63) is 65.5 Å². The van der Waals surface area contributed by atoms with E-state index in [1.165, 1.54) is 18.2 Å². The second kappa shape index (κ2) is 6.43. The first-order valence-electron chi connectivity index (χ1n) is 7.28. The number of aliphatic carboxylic acids is 1. The van der Waals surface area contributed by atoms with E-state index in [9.17, 15) is 18.0 Å². The van der Waals surface area contributed by atoms with Crippen LogP contribution in [0.4, 0.5) is 13.2 Å². The fourth-order valence-electron chi connectivity index (χ4n) is 2.33. The Balaban J connectivity index is 2.00. The molecule has 0 amide bonds. The standard InChI is InChI=1S/C18H12F3NO3/c19-18(20,21)13-7-5-11(6-8-13)9-12(10-16(23)24)17-22-14-3-1-2-4-15(14)25-17/h1-9H,10H2,(H,23,24)/b12-9-. The lowest BCUT2D eigenvalue weighted by atomic mass is 10.1. The third kappa shape index (κ3) is 3.88. The first kappa shape index (κ1) is 16.8. The van der Waals surface area contributed by atoms with Gasteiger partial charge in [-0.25, -0.2) is 4.98 Å². The van der Waals surface area contributed by atoms with Crippen molar-refractivity contribution in [2.24, 2.45) is 0 Å². The van der Waals surface area contributed by atoms with Crippen molar-refractivity contribution >= 4 is 28.7 Å². The molecule has 0 aliphatic rings. The van der Waals surface area contributed by atoms with Gasteiger partial charge in [0.1, 0.15) is 5.52 Å². The highest BCUT2D eigenvalue weighted by Crippen LogP contribution is 2.30. The zero-order valence-electron chi connectivity index (χ0n) is 12.7. The van der Waals surface area contributed by atoms with Gasteiger partial charge in [0.05, 0.1) is 12.0 Å². The topological polar surface area (TPSA) is 63.3 Å². The lowest BCUT2D eigenvalue weighted by molar-refractivity contribution is -0.138. The monoisotopic (exact) mass is 347 g/mol. The molecular weight excluding hydrogens is 335 g/mol. The summed E-state index contributed by atoms with van der Waals surface area (Å²) in [4.78, 5) is 15.4. The van der Waals surface area contributed by atoms with E-state index in [-0.39, 0.29) is 17.9 Å². The molecule has 3 aromatic rings. The van der Waals surface area contributed by atoms with Crippen LogP contribution in [0.15, 0.2) is 52.9 Å². The number of nitrogens with zero attached hydrogens (tertiary/aromatic N) is 1. The summed E-state index contributed by atoms with van der Waals surface area (Å²) < 4.78 is 43.4. The summed E-state index contributed by atoms with van der Waals surface area (Å²) in [6.07, 6.45) is -3.33. The zero-order valence-corrected chi connectivity index (χ0v) is 12.7. The molecule has 0 radical (unpaired) electrons. The van der Waals surface area contributed by atoms with Crippen LogP contribution in [0.5, 0.6) is 0 Å². The molecule has 0 spiro atoms. The average molecular weight is 347 g/mol. The van der Waals surface area contributed by atoms with Gasteiger partial charge in [-0.3, -0.25) is 4.79 Å². The number of carboxylic acid groups (broad SMARTS) is 1. The number of rotatable bonds is 4. The summed E-state index contributed by atoms with van der Waals surface area (Å²) in [5, 5.41) is 9.09. The Labute approximate surface area is 140 Å². The summed E-state index contributed by atoms with van der Waals surface area (Å²) in [6.45, 7) is 0. The van der Waals surface area contributed by atoms with E-state index in [0.717, 1.165) is 12.1 Å². The molecule has 1 heterocycles. The molecule has 0 bridgehead atoms. The molecule has 7 heteroatoms. The number of hydrogen-bond acceptors (Lipinski definition) is 3. The molecule has 0 unspecified atom stereocenters. The number of oxazole rings is 1. The first-order valence-corrected chi connectivity index (χ1v) is 7.28. The molecule has 0 aliphatic heterocycles. The van der Waals surface area contributed by atoms with Gasteiger partial charge < -0.3 is 9.52 Å². The van der Waals surface area contributed by atoms with E-state index in [1.807, 2.05) is 0 Å². The maximum absolute atomic E-state index is 12.6. The molecule has 1 aromatic heterocycles. The van der Waals surface area contributed by atoms with Gasteiger partial charge in [0.25, 0.3) is 0 Å². The van der Waals surface area contributed by atoms with E-state index >= 15 is 0 Å². The van der Waals surface area contributed by atoms with Crippen LogP contribution in [0.3, 0.4) is 0 Å². The van der Waals surface area contributed by atoms with Crippen LogP contribution in [0, 0.1) is 0 Å². The smallest absolute Gasteiger partial charge is 0.416 e. The van der Waals surface area contributed by atoms with Gasteiger partial charge in [-0.05, 0) is 35.9 Å². The normalized spacial score (nSPS) is 12.5. The Bertz CT molecular complexity index is 907. The number of aromatic nitrogens is 1. The van der Waals surface area contributed by atoms with Crippen molar-refractivity contribution in [3.63, 3.8) is 0 Å². The van der Waals surface area contributed by atoms with E-state index in [2.05, 4.69) is 4.98 Å². The van der Waals surface area contributed by atoms with Crippen LogP contribution in [0.1, 0.15) is 23.4 Å². The summed E-state index contributed by atoms with van der Waals surface area (Å²) in [5.74, 6) is -0.969. The SMILES string of the molecule is O=C(O)C/C(=C/c1ccc(C(F)(F)F)cc1)c1nc2ccccc2o1. The van der Waals surface area contributed by atoms with Crippen LogP contribution < -0.4 is 0 Å². The Kier molecular flexibility index (Phi) is 4.31. The number of carbonyl (C=O) groups is 1. The molecule has 0 fully saturated rings. The van der Waals surface area contributed by atoms with Crippen molar-refractivity contribution in [1.82, 2.24) is 4.98 Å². The van der Waals surface area contributed by atoms with Gasteiger partial charge in [-0.2, -0.15) is 13.2 Å². The van der Waals surface area contributed by atoms with Crippen molar-refractivity contribution in [1.29, 1.82) is 0 Å². The predicted molar refractivity (Wildman–Crippen MR) is 85.6 cm³/mol. The van der Waals surface area contributed by atoms with Gasteiger partial charge in [0, 0.05) is 5.57 Å². The van der Waals surface area contributed by atoms with Crippen molar-refractivity contribution in [2.45, 2.75) is 12.6 Å². The zero-order chi connectivity index (χ0) is 18.0. The van der Waals surface area contributed by atoms with Crippen molar-refractivity contribution in [3.8, 4) is 0 Å². The third-order valence-electron chi connectivity index (χ3n) is 3.49. The largest absolute Gasteiger partial charge is 0.481 e. The molecule has 2 aromatic carbocycles. The quantitative estimate of drug-likeness (QED) is 0.732. The Morgan fingerprint density at radius 1 is 1.12 bits per heavy atom. The molecule has 0 saturated heterocycles. The number of halogens is 3. The molecule has 0 saturated carbocycles. The number of fused-ring (bicyclic) bond motifs is 1. The highest BCUT2D eigenvalue weighted by molar-refractivity contribution is 5.90. The summed E-state index contributed by atoms with van der Waals surface area (Å²) in [7, 11) is 0. The summed E-state index contributed by atoms with van der Waals surface area (Å²) in [6, 6.07) is 11.4. The van der Waals surface area contributed by atoms with Crippen molar-refractivity contribution < 1.29 is 27.5 Å². The van der Waals surface area contributed by atoms with Crippen LogP contribution in [0.25, 0.3) is 22.7 Å². The predicted octanol–water partition coefficient (Wildman–Crippen LogP) is 4.86. The van der Waals surface area contributed by atoms with Crippen LogP contribution in [0.2, 0.25) is 0 Å². The molecule has 128 valence electrons. The lowest BCUT2D eigenvalue weighted by Gasteiger charge is -2.06. The van der Waals surface area contributed by atoms with Crippen molar-refractivity contribution in [2.75, 3.05) is 0 Å². The van der Waals surface area contributed by atoms with Gasteiger partial charge in [-0.1, -0.05) is 24.3 Å². The minimum atomic E-state index is -4.42. The minimum Gasteiger partial charge on any atom is -0.481 e. The molecule has 4 nitrogen and oxygen atoms in total. The van der Waals surface area contributed by atoms with Crippen LogP contribution >= 0.6 is 0 Å². The number of hydrogen-bond donors (Lipinski definition) is 1. The highest BCUT2D eigenvalue weighted by atomic mass is 19.4. The number of para-hydroxylation sites is 2. The first-order chi connectivity index (χ1) is 11.8. The molecule has 0 aliphatic carbocycles. The third-order valence-corrected chi connectivity index (χ3v) is 3.49. The second-order valence-electron chi connectivity index (χ2n) is 5.35. The van der Waals surface area contributed by atoms with Gasteiger partial charge in [0.2, 0.25) is 5.89 Å². The van der Waals surface area contributed by atoms with Gasteiger partial charge in [-0.15, -0.1) is 0 Å². The Hall–Kier alpha value is -3.09. The maximum Gasteiger partial charge on any atom is 0.416 e. The number of alkyl halides is 3. The van der Waals surface area contributed by atoms with Gasteiger partial charge in [0.15, 0.2) is 5.58 Å². The molecule has 0 atom stereocenters. The maximum atomic E-state index is 12.6. The Morgan fingerprint density at radius 3 is 2.40 bits per heavy atom. The number of benzene rings is 2. The number of carboxylic acids is 1. The minimum absolute atomic E-state index is 0.128. The summed E-state index contributed by atoms with van der Waals surface area (Å²) >= 11 is 0. The summed E-state index contributed by atoms with van der Waals surface area (Å²) in [5.41, 5.74) is 0.990. The fraction of sp³-hybridized carbons (Fsp3) is 0.111. The lowest BCUT2D eigenvalue weighted by Crippen LogP contribution is -2.04. The van der Waals surface area contributed by atoms with Crippen LogP contribution in [-0.2, 0) is 11.0 Å². The average Bonchev–Trinajstić information content (AvgIpc) is 2.97. The van der Waals surface area contributed by atoms with E-state index in [1.54, 1.807) is 24.3 Å².